The van der Waals surface area contributed by atoms with Gasteiger partial charge in [0, 0.05) is 21.9 Å². The molecule has 0 amide bonds. The van der Waals surface area contributed by atoms with E-state index in [-0.39, 0.29) is 17.4 Å². The molecule has 1 aromatic heterocycles. The summed E-state index contributed by atoms with van der Waals surface area (Å²) in [5.41, 5.74) is -0.714. The number of nitrogens with zero attached hydrogens (tertiary/aromatic N) is 3. The van der Waals surface area contributed by atoms with Crippen molar-refractivity contribution in [2.75, 3.05) is 13.2 Å². The summed E-state index contributed by atoms with van der Waals surface area (Å²) < 4.78 is 41.3. The van der Waals surface area contributed by atoms with Crippen LogP contribution in [0.25, 0.3) is 6.08 Å². The first-order chi connectivity index (χ1) is 16.3. The van der Waals surface area contributed by atoms with Crippen LogP contribution in [0, 0.1) is 11.6 Å². The summed E-state index contributed by atoms with van der Waals surface area (Å²) in [6.07, 6.45) is 5.99. The average molecular weight is 508 g/mol. The lowest BCUT2D eigenvalue weighted by atomic mass is 9.90. The maximum Gasteiger partial charge on any atom is 0.177 e. The van der Waals surface area contributed by atoms with Crippen LogP contribution < -0.4 is 0 Å². The molecule has 1 aliphatic heterocycles. The molecule has 0 saturated carbocycles. The Labute approximate surface area is 205 Å². The number of aliphatic hydroxyl groups is 1. The summed E-state index contributed by atoms with van der Waals surface area (Å²) in [7, 11) is 0. The van der Waals surface area contributed by atoms with E-state index in [0.29, 0.717) is 18.2 Å². The largest absolute Gasteiger partial charge is 0.382 e. The minimum absolute atomic E-state index is 0.00850. The van der Waals surface area contributed by atoms with Crippen molar-refractivity contribution >= 4 is 29.4 Å². The van der Waals surface area contributed by atoms with Gasteiger partial charge in [-0.2, -0.15) is 5.10 Å². The Bertz CT molecular complexity index is 1110. The summed E-state index contributed by atoms with van der Waals surface area (Å²) in [5.74, 6) is -1.53. The third kappa shape index (κ3) is 6.03. The molecule has 6 nitrogen and oxygen atoms in total. The third-order valence-corrected chi connectivity index (χ3v) is 7.25. The Morgan fingerprint density at radius 3 is 2.62 bits per heavy atom. The second kappa shape index (κ2) is 11.0. The number of thioether (sulfide) groups is 1. The fourth-order valence-corrected chi connectivity index (χ4v) is 5.13. The monoisotopic (exact) mass is 507 g/mol. The number of benzene rings is 2. The second-order valence-electron chi connectivity index (χ2n) is 7.99. The molecule has 1 N–H and O–H groups in total. The number of aromatic nitrogens is 3. The van der Waals surface area contributed by atoms with Gasteiger partial charge in [-0.1, -0.05) is 42.8 Å². The summed E-state index contributed by atoms with van der Waals surface area (Å²) in [6, 6.07) is 10.6. The topological polar surface area (TPSA) is 69.4 Å². The van der Waals surface area contributed by atoms with Crippen molar-refractivity contribution in [2.45, 2.75) is 35.9 Å². The zero-order valence-corrected chi connectivity index (χ0v) is 19.9. The first-order valence-electron chi connectivity index (χ1n) is 10.7. The van der Waals surface area contributed by atoms with Crippen LogP contribution in [-0.4, -0.2) is 49.9 Å². The number of hydrogen-bond acceptors (Lipinski definition) is 6. The molecule has 0 radical (unpaired) electrons. The molecule has 2 atom stereocenters. The molecule has 1 aliphatic rings. The lowest BCUT2D eigenvalue weighted by Gasteiger charge is -2.37. The quantitative estimate of drug-likeness (QED) is 0.477. The van der Waals surface area contributed by atoms with Crippen molar-refractivity contribution in [1.82, 2.24) is 14.8 Å². The number of ether oxygens (including phenoxy) is 2. The van der Waals surface area contributed by atoms with E-state index in [1.54, 1.807) is 6.92 Å². The highest BCUT2D eigenvalue weighted by molar-refractivity contribution is 8.00. The minimum atomic E-state index is -1.68. The van der Waals surface area contributed by atoms with Gasteiger partial charge in [0.05, 0.1) is 25.0 Å². The molecule has 4 rings (SSSR count). The molecular formula is C24H24ClF2N3O3S. The van der Waals surface area contributed by atoms with Gasteiger partial charge in [-0.25, -0.2) is 18.4 Å². The maximum atomic E-state index is 14.7. The third-order valence-electron chi connectivity index (χ3n) is 5.54. The van der Waals surface area contributed by atoms with Gasteiger partial charge in [-0.3, -0.25) is 0 Å². The van der Waals surface area contributed by atoms with Crippen LogP contribution in [0.4, 0.5) is 8.78 Å². The molecule has 10 heteroatoms. The minimum Gasteiger partial charge on any atom is -0.382 e. The standard InChI is InChI=1S/C24H24ClF2N3O3S/c1-16(24(31,13-30-15-28-14-29-30)21-8-7-19(26)10-22(21)27)34-20-11-32-23(33-12-20)9-4-17-2-5-18(25)6-3-17/h2-10,14-16,20,23,31H,11-13H2,1H3/b9-4+/t16-,20?,23?,24-/m1/s1. The Kier molecular flexibility index (Phi) is 8.00. The molecule has 1 saturated heterocycles. The molecule has 2 aromatic carbocycles. The van der Waals surface area contributed by atoms with Crippen LogP contribution in [0.5, 0.6) is 0 Å². The average Bonchev–Trinajstić information content (AvgIpc) is 3.32. The summed E-state index contributed by atoms with van der Waals surface area (Å²) in [6.45, 7) is 2.51. The van der Waals surface area contributed by atoms with Gasteiger partial charge in [0.2, 0.25) is 0 Å². The molecule has 0 spiro atoms. The van der Waals surface area contributed by atoms with Crippen molar-refractivity contribution in [3.05, 3.63) is 89.0 Å². The smallest absolute Gasteiger partial charge is 0.177 e. The van der Waals surface area contributed by atoms with Gasteiger partial charge in [-0.05, 0) is 29.8 Å². The van der Waals surface area contributed by atoms with Crippen LogP contribution in [0.3, 0.4) is 0 Å². The summed E-state index contributed by atoms with van der Waals surface area (Å²) in [5, 5.41) is 15.7. The lowest BCUT2D eigenvalue weighted by molar-refractivity contribution is -0.146. The molecule has 3 aromatic rings. The van der Waals surface area contributed by atoms with Crippen LogP contribution in [-0.2, 0) is 21.6 Å². The number of rotatable bonds is 8. The molecule has 0 aliphatic carbocycles. The van der Waals surface area contributed by atoms with Crippen LogP contribution in [0.15, 0.2) is 61.2 Å². The molecule has 2 heterocycles. The lowest BCUT2D eigenvalue weighted by Crippen LogP contribution is -2.43. The van der Waals surface area contributed by atoms with Gasteiger partial charge >= 0.3 is 0 Å². The molecule has 180 valence electrons. The van der Waals surface area contributed by atoms with Gasteiger partial charge in [0.15, 0.2) is 6.29 Å². The van der Waals surface area contributed by atoms with E-state index in [4.69, 9.17) is 21.1 Å². The van der Waals surface area contributed by atoms with E-state index in [9.17, 15) is 13.9 Å². The van der Waals surface area contributed by atoms with Crippen molar-refractivity contribution in [1.29, 1.82) is 0 Å². The van der Waals surface area contributed by atoms with Crippen LogP contribution in [0.2, 0.25) is 5.02 Å². The van der Waals surface area contributed by atoms with E-state index < -0.39 is 28.8 Å². The van der Waals surface area contributed by atoms with Gasteiger partial charge in [-0.15, -0.1) is 11.8 Å². The zero-order chi connectivity index (χ0) is 24.1. The highest BCUT2D eigenvalue weighted by Crippen LogP contribution is 2.38. The van der Waals surface area contributed by atoms with Gasteiger partial charge in [0.1, 0.15) is 29.9 Å². The maximum absolute atomic E-state index is 14.7. The summed E-state index contributed by atoms with van der Waals surface area (Å²) >= 11 is 7.32. The van der Waals surface area contributed by atoms with Crippen molar-refractivity contribution < 1.29 is 23.4 Å². The van der Waals surface area contributed by atoms with E-state index >= 15 is 0 Å². The highest BCUT2D eigenvalue weighted by atomic mass is 35.5. The van der Waals surface area contributed by atoms with Crippen molar-refractivity contribution in [2.24, 2.45) is 0 Å². The molecule has 1 fully saturated rings. The number of halogens is 3. The Balaban J connectivity index is 1.41. The van der Waals surface area contributed by atoms with E-state index in [2.05, 4.69) is 10.1 Å². The molecule has 0 bridgehead atoms. The van der Waals surface area contributed by atoms with Gasteiger partial charge < -0.3 is 14.6 Å². The normalized spacial score (nSPS) is 21.4. The van der Waals surface area contributed by atoms with Crippen molar-refractivity contribution in [3.8, 4) is 0 Å². The van der Waals surface area contributed by atoms with Gasteiger partial charge in [0.25, 0.3) is 0 Å². The predicted octanol–water partition coefficient (Wildman–Crippen LogP) is 4.67. The molecular weight excluding hydrogens is 484 g/mol. The van der Waals surface area contributed by atoms with E-state index in [0.717, 1.165) is 17.7 Å². The molecule has 0 unspecified atom stereocenters. The van der Waals surface area contributed by atoms with Crippen LogP contribution in [0.1, 0.15) is 18.1 Å². The van der Waals surface area contributed by atoms with Crippen molar-refractivity contribution in [3.63, 3.8) is 0 Å². The first kappa shape index (κ1) is 24.8. The fourth-order valence-electron chi connectivity index (χ4n) is 3.69. The predicted molar refractivity (Wildman–Crippen MR) is 127 cm³/mol. The Hall–Kier alpha value is -2.30. The molecule has 34 heavy (non-hydrogen) atoms. The SMILES string of the molecule is C[C@@H](SC1COC(/C=C/c2ccc(Cl)cc2)OC1)[C@](O)(Cn1cncn1)c1ccc(F)cc1F. The Morgan fingerprint density at radius 2 is 1.97 bits per heavy atom. The number of hydrogen-bond donors (Lipinski definition) is 1. The Morgan fingerprint density at radius 1 is 1.24 bits per heavy atom. The second-order valence-corrected chi connectivity index (χ2v) is 10.1. The van der Waals surface area contributed by atoms with E-state index in [1.807, 2.05) is 36.4 Å². The van der Waals surface area contributed by atoms with Crippen LogP contribution >= 0.6 is 23.4 Å². The zero-order valence-electron chi connectivity index (χ0n) is 18.4. The van der Waals surface area contributed by atoms with E-state index in [1.165, 1.54) is 35.2 Å². The summed E-state index contributed by atoms with van der Waals surface area (Å²) in [4.78, 5) is 3.89. The fraction of sp³-hybridized carbons (Fsp3) is 0.333. The highest BCUT2D eigenvalue weighted by Gasteiger charge is 2.41. The first-order valence-corrected chi connectivity index (χ1v) is 12.0.